The highest BCUT2D eigenvalue weighted by molar-refractivity contribution is 6.31. The van der Waals surface area contributed by atoms with Gasteiger partial charge < -0.3 is 10.6 Å². The van der Waals surface area contributed by atoms with E-state index in [1.807, 2.05) is 31.2 Å². The Morgan fingerprint density at radius 1 is 1.33 bits per heavy atom. The molecule has 1 saturated carbocycles. The molecule has 116 valence electrons. The summed E-state index contributed by atoms with van der Waals surface area (Å²) in [5.41, 5.74) is 0.950. The zero-order valence-electron chi connectivity index (χ0n) is 12.9. The highest BCUT2D eigenvalue weighted by Crippen LogP contribution is 2.24. The molecule has 21 heavy (non-hydrogen) atoms. The molecule has 1 fully saturated rings. The summed E-state index contributed by atoms with van der Waals surface area (Å²) in [5, 5.41) is 7.13. The zero-order chi connectivity index (χ0) is 15.2. The Kier molecular flexibility index (Phi) is 6.07. The monoisotopic (exact) mass is 308 g/mol. The number of benzene rings is 1. The van der Waals surface area contributed by atoms with Crippen LogP contribution in [0.1, 0.15) is 45.1 Å². The van der Waals surface area contributed by atoms with Crippen molar-refractivity contribution in [2.24, 2.45) is 5.92 Å². The molecule has 3 unspecified atom stereocenters. The highest BCUT2D eigenvalue weighted by Gasteiger charge is 2.24. The molecule has 0 heterocycles. The Labute approximate surface area is 132 Å². The van der Waals surface area contributed by atoms with Crippen LogP contribution >= 0.6 is 11.6 Å². The number of hydrogen-bond acceptors (Lipinski definition) is 2. The molecule has 2 rings (SSSR count). The van der Waals surface area contributed by atoms with Gasteiger partial charge in [0, 0.05) is 17.6 Å². The smallest absolute Gasteiger partial charge is 0.237 e. The molecule has 0 aromatic heterocycles. The highest BCUT2D eigenvalue weighted by atomic mass is 35.5. The van der Waals surface area contributed by atoms with Gasteiger partial charge in [-0.05, 0) is 37.3 Å². The molecule has 1 amide bonds. The van der Waals surface area contributed by atoms with Crippen molar-refractivity contribution in [3.05, 3.63) is 34.9 Å². The van der Waals surface area contributed by atoms with Crippen LogP contribution in [0.25, 0.3) is 0 Å². The molecule has 0 saturated heterocycles. The molecule has 3 atom stereocenters. The molecule has 1 aliphatic carbocycles. The minimum Gasteiger partial charge on any atom is -0.351 e. The van der Waals surface area contributed by atoms with E-state index in [0.29, 0.717) is 23.5 Å². The van der Waals surface area contributed by atoms with Crippen LogP contribution in [-0.2, 0) is 11.3 Å². The lowest BCUT2D eigenvalue weighted by atomic mass is 9.85. The predicted octanol–water partition coefficient (Wildman–Crippen LogP) is 3.51. The maximum absolute atomic E-state index is 12.2. The summed E-state index contributed by atoms with van der Waals surface area (Å²) in [5.74, 6) is 0.685. The fourth-order valence-corrected chi connectivity index (χ4v) is 3.14. The van der Waals surface area contributed by atoms with Crippen molar-refractivity contribution in [3.8, 4) is 0 Å². The van der Waals surface area contributed by atoms with Crippen molar-refractivity contribution >= 4 is 17.5 Å². The summed E-state index contributed by atoms with van der Waals surface area (Å²) in [6, 6.07) is 7.89. The van der Waals surface area contributed by atoms with Crippen LogP contribution in [0.3, 0.4) is 0 Å². The molecule has 4 heteroatoms. The van der Waals surface area contributed by atoms with Gasteiger partial charge in [-0.3, -0.25) is 4.79 Å². The minimum atomic E-state index is -0.168. The molecule has 2 N–H and O–H groups in total. The number of halogens is 1. The number of nitrogens with one attached hydrogen (secondary N) is 2. The van der Waals surface area contributed by atoms with E-state index in [4.69, 9.17) is 11.6 Å². The zero-order valence-corrected chi connectivity index (χ0v) is 13.6. The second kappa shape index (κ2) is 7.81. The first-order valence-electron chi connectivity index (χ1n) is 7.85. The third kappa shape index (κ3) is 4.72. The van der Waals surface area contributed by atoms with Crippen molar-refractivity contribution < 1.29 is 4.79 Å². The predicted molar refractivity (Wildman–Crippen MR) is 87.3 cm³/mol. The summed E-state index contributed by atoms with van der Waals surface area (Å²) in [7, 11) is 0. The van der Waals surface area contributed by atoms with E-state index in [9.17, 15) is 4.79 Å². The Hall–Kier alpha value is -1.06. The van der Waals surface area contributed by atoms with Crippen molar-refractivity contribution in [2.75, 3.05) is 0 Å². The summed E-state index contributed by atoms with van der Waals surface area (Å²) >= 11 is 6.10. The van der Waals surface area contributed by atoms with Crippen LogP contribution in [0.15, 0.2) is 24.3 Å². The number of rotatable bonds is 5. The number of hydrogen-bond donors (Lipinski definition) is 2. The molecule has 3 nitrogen and oxygen atoms in total. The third-order valence-corrected chi connectivity index (χ3v) is 4.75. The van der Waals surface area contributed by atoms with Gasteiger partial charge in [0.05, 0.1) is 6.04 Å². The molecule has 1 aliphatic rings. The van der Waals surface area contributed by atoms with Gasteiger partial charge in [-0.2, -0.15) is 0 Å². The van der Waals surface area contributed by atoms with Gasteiger partial charge in [-0.15, -0.1) is 0 Å². The minimum absolute atomic E-state index is 0.0349. The van der Waals surface area contributed by atoms with Crippen LogP contribution in [0, 0.1) is 5.92 Å². The van der Waals surface area contributed by atoms with Crippen molar-refractivity contribution in [3.63, 3.8) is 0 Å². The van der Waals surface area contributed by atoms with E-state index in [1.165, 1.54) is 25.7 Å². The largest absolute Gasteiger partial charge is 0.351 e. The first-order chi connectivity index (χ1) is 10.1. The fraction of sp³-hybridized carbons (Fsp3) is 0.588. The Morgan fingerprint density at radius 3 is 2.76 bits per heavy atom. The molecule has 1 aromatic carbocycles. The lowest BCUT2D eigenvalue weighted by Gasteiger charge is -2.31. The number of carbonyl (C=O) groups is 1. The van der Waals surface area contributed by atoms with Crippen LogP contribution in [0.2, 0.25) is 5.02 Å². The van der Waals surface area contributed by atoms with Gasteiger partial charge in [-0.25, -0.2) is 0 Å². The van der Waals surface area contributed by atoms with Gasteiger partial charge in [0.15, 0.2) is 0 Å². The van der Waals surface area contributed by atoms with Crippen LogP contribution in [0.5, 0.6) is 0 Å². The fourth-order valence-electron chi connectivity index (χ4n) is 2.94. The first-order valence-corrected chi connectivity index (χ1v) is 8.23. The second-order valence-electron chi connectivity index (χ2n) is 6.07. The van der Waals surface area contributed by atoms with E-state index in [2.05, 4.69) is 17.6 Å². The quantitative estimate of drug-likeness (QED) is 0.874. The Bertz CT molecular complexity index is 478. The molecule has 0 bridgehead atoms. The number of carbonyl (C=O) groups excluding carboxylic acids is 1. The van der Waals surface area contributed by atoms with Crippen molar-refractivity contribution in [2.45, 2.75) is 58.2 Å². The van der Waals surface area contributed by atoms with Crippen molar-refractivity contribution in [1.82, 2.24) is 10.6 Å². The average Bonchev–Trinajstić information content (AvgIpc) is 2.48. The van der Waals surface area contributed by atoms with Crippen LogP contribution in [0.4, 0.5) is 0 Å². The van der Waals surface area contributed by atoms with Gasteiger partial charge >= 0.3 is 0 Å². The molecule has 0 aliphatic heterocycles. The summed E-state index contributed by atoms with van der Waals surface area (Å²) in [6.45, 7) is 4.68. The molecule has 0 radical (unpaired) electrons. The first kappa shape index (κ1) is 16.3. The summed E-state index contributed by atoms with van der Waals surface area (Å²) < 4.78 is 0. The van der Waals surface area contributed by atoms with E-state index in [1.54, 1.807) is 0 Å². The SMILES string of the molecule is CC(NC1CCCCC1C)C(=O)NCc1ccccc1Cl. The van der Waals surface area contributed by atoms with E-state index in [0.717, 1.165) is 5.56 Å². The molecule has 0 spiro atoms. The lowest BCUT2D eigenvalue weighted by Crippen LogP contribution is -2.49. The molecular weight excluding hydrogens is 284 g/mol. The van der Waals surface area contributed by atoms with Crippen LogP contribution in [-0.4, -0.2) is 18.0 Å². The van der Waals surface area contributed by atoms with Gasteiger partial charge in [0.2, 0.25) is 5.91 Å². The normalized spacial score (nSPS) is 23.6. The van der Waals surface area contributed by atoms with Gasteiger partial charge in [0.25, 0.3) is 0 Å². The van der Waals surface area contributed by atoms with Gasteiger partial charge in [0.1, 0.15) is 0 Å². The van der Waals surface area contributed by atoms with E-state index in [-0.39, 0.29) is 11.9 Å². The van der Waals surface area contributed by atoms with Gasteiger partial charge in [-0.1, -0.05) is 49.6 Å². The molecular formula is C17H25ClN2O. The lowest BCUT2D eigenvalue weighted by molar-refractivity contribution is -0.123. The standard InChI is InChI=1S/C17H25ClN2O/c1-12-7-3-6-10-16(12)20-13(2)17(21)19-11-14-8-4-5-9-15(14)18/h4-5,8-9,12-13,16,20H,3,6-7,10-11H2,1-2H3,(H,19,21). The summed E-state index contributed by atoms with van der Waals surface area (Å²) in [6.07, 6.45) is 5.00. The average molecular weight is 309 g/mol. The van der Waals surface area contributed by atoms with E-state index >= 15 is 0 Å². The third-order valence-electron chi connectivity index (χ3n) is 4.38. The van der Waals surface area contributed by atoms with Crippen LogP contribution < -0.4 is 10.6 Å². The molecule has 1 aromatic rings. The van der Waals surface area contributed by atoms with E-state index < -0.39 is 0 Å². The maximum Gasteiger partial charge on any atom is 0.237 e. The number of amides is 1. The summed E-state index contributed by atoms with van der Waals surface area (Å²) in [4.78, 5) is 12.2. The topological polar surface area (TPSA) is 41.1 Å². The second-order valence-corrected chi connectivity index (χ2v) is 6.47. The Morgan fingerprint density at radius 2 is 2.05 bits per heavy atom. The Balaban J connectivity index is 1.81. The van der Waals surface area contributed by atoms with Crippen molar-refractivity contribution in [1.29, 1.82) is 0 Å². The maximum atomic E-state index is 12.2.